The van der Waals surface area contributed by atoms with Crippen molar-refractivity contribution in [3.63, 3.8) is 0 Å². The molecule has 0 aliphatic carbocycles. The summed E-state index contributed by atoms with van der Waals surface area (Å²) in [5, 5.41) is 3.14. The second kappa shape index (κ2) is 6.81. The quantitative estimate of drug-likeness (QED) is 0.619. The smallest absolute Gasteiger partial charge is 0.326 e. The van der Waals surface area contributed by atoms with Gasteiger partial charge in [-0.3, -0.25) is 10.1 Å². The lowest BCUT2D eigenvalue weighted by Crippen LogP contribution is -2.37. The summed E-state index contributed by atoms with van der Waals surface area (Å²) in [4.78, 5) is 11.4. The van der Waals surface area contributed by atoms with Gasteiger partial charge in [0, 0.05) is 6.04 Å². The van der Waals surface area contributed by atoms with Crippen LogP contribution in [-0.2, 0) is 9.53 Å². The standard InChI is InChI=1S/C14H19NO3/c1-5-13(14(16)18-4)15-10(2)11-6-8-12(17-3)9-7-11/h5-10,13,15H,1H2,2-4H3/t10-,13?/m1/s1. The average molecular weight is 249 g/mol. The van der Waals surface area contributed by atoms with Crippen LogP contribution in [0.5, 0.6) is 5.75 Å². The molecule has 0 aliphatic rings. The highest BCUT2D eigenvalue weighted by Gasteiger charge is 2.18. The van der Waals surface area contributed by atoms with Crippen LogP contribution in [0, 0.1) is 0 Å². The normalized spacial score (nSPS) is 13.5. The van der Waals surface area contributed by atoms with Gasteiger partial charge < -0.3 is 9.47 Å². The second-order valence-corrected chi connectivity index (χ2v) is 3.90. The molecule has 0 bridgehead atoms. The zero-order valence-corrected chi connectivity index (χ0v) is 11.0. The van der Waals surface area contributed by atoms with Crippen LogP contribution in [0.15, 0.2) is 36.9 Å². The van der Waals surface area contributed by atoms with E-state index in [1.807, 2.05) is 31.2 Å². The Balaban J connectivity index is 2.70. The van der Waals surface area contributed by atoms with Crippen LogP contribution in [0.3, 0.4) is 0 Å². The molecule has 0 aromatic heterocycles. The fourth-order valence-electron chi connectivity index (χ4n) is 1.62. The minimum Gasteiger partial charge on any atom is -0.497 e. The predicted octanol–water partition coefficient (Wildman–Crippen LogP) is 2.07. The Hall–Kier alpha value is -1.81. The summed E-state index contributed by atoms with van der Waals surface area (Å²) in [5.41, 5.74) is 1.06. The number of ether oxygens (including phenoxy) is 2. The van der Waals surface area contributed by atoms with Crippen molar-refractivity contribution in [1.29, 1.82) is 0 Å². The highest BCUT2D eigenvalue weighted by molar-refractivity contribution is 5.77. The van der Waals surface area contributed by atoms with E-state index < -0.39 is 6.04 Å². The molecule has 0 saturated carbocycles. The second-order valence-electron chi connectivity index (χ2n) is 3.90. The van der Waals surface area contributed by atoms with E-state index in [0.29, 0.717) is 0 Å². The molecule has 1 rings (SSSR count). The van der Waals surface area contributed by atoms with Gasteiger partial charge in [-0.05, 0) is 24.6 Å². The lowest BCUT2D eigenvalue weighted by Gasteiger charge is -2.19. The first-order valence-electron chi connectivity index (χ1n) is 5.72. The number of carbonyl (C=O) groups excluding carboxylic acids is 1. The molecule has 0 amide bonds. The van der Waals surface area contributed by atoms with Crippen LogP contribution in [0.1, 0.15) is 18.5 Å². The Morgan fingerprint density at radius 3 is 2.39 bits per heavy atom. The third-order valence-corrected chi connectivity index (χ3v) is 2.74. The van der Waals surface area contributed by atoms with Crippen LogP contribution in [0.25, 0.3) is 0 Å². The van der Waals surface area contributed by atoms with Crippen molar-refractivity contribution in [3.05, 3.63) is 42.5 Å². The molecule has 1 aromatic rings. The molecule has 1 aromatic carbocycles. The summed E-state index contributed by atoms with van der Waals surface area (Å²) in [6, 6.07) is 7.18. The molecule has 2 atom stereocenters. The molecule has 0 aliphatic heterocycles. The van der Waals surface area contributed by atoms with Gasteiger partial charge in [0.2, 0.25) is 0 Å². The zero-order chi connectivity index (χ0) is 13.5. The minimum atomic E-state index is -0.507. The molecule has 4 heteroatoms. The molecule has 4 nitrogen and oxygen atoms in total. The van der Waals surface area contributed by atoms with Crippen LogP contribution in [0.2, 0.25) is 0 Å². The first kappa shape index (κ1) is 14.3. The molecular weight excluding hydrogens is 230 g/mol. The van der Waals surface area contributed by atoms with E-state index in [-0.39, 0.29) is 12.0 Å². The van der Waals surface area contributed by atoms with Crippen molar-refractivity contribution >= 4 is 5.97 Å². The molecule has 0 saturated heterocycles. The summed E-state index contributed by atoms with van der Waals surface area (Å²) >= 11 is 0. The summed E-state index contributed by atoms with van der Waals surface area (Å²) in [6.07, 6.45) is 1.53. The topological polar surface area (TPSA) is 47.6 Å². The third-order valence-electron chi connectivity index (χ3n) is 2.74. The van der Waals surface area contributed by atoms with E-state index >= 15 is 0 Å². The Labute approximate surface area is 108 Å². The maximum absolute atomic E-state index is 11.4. The van der Waals surface area contributed by atoms with E-state index in [1.165, 1.54) is 13.2 Å². The Bertz CT molecular complexity index is 400. The van der Waals surface area contributed by atoms with Gasteiger partial charge in [-0.1, -0.05) is 18.2 Å². The number of hydrogen-bond acceptors (Lipinski definition) is 4. The van der Waals surface area contributed by atoms with Gasteiger partial charge in [0.15, 0.2) is 0 Å². The number of nitrogens with one attached hydrogen (secondary N) is 1. The Morgan fingerprint density at radius 1 is 1.33 bits per heavy atom. The average Bonchev–Trinajstić information content (AvgIpc) is 2.43. The number of methoxy groups -OCH3 is 2. The van der Waals surface area contributed by atoms with Gasteiger partial charge in [0.25, 0.3) is 0 Å². The van der Waals surface area contributed by atoms with Gasteiger partial charge in [-0.15, -0.1) is 6.58 Å². The number of benzene rings is 1. The molecule has 0 spiro atoms. The number of carbonyl (C=O) groups is 1. The summed E-state index contributed by atoms with van der Waals surface area (Å²) in [5.74, 6) is 0.463. The van der Waals surface area contributed by atoms with E-state index in [1.54, 1.807) is 7.11 Å². The Kier molecular flexibility index (Phi) is 5.39. The lowest BCUT2D eigenvalue weighted by molar-refractivity contribution is -0.141. The maximum atomic E-state index is 11.4. The summed E-state index contributed by atoms with van der Waals surface area (Å²) in [7, 11) is 2.99. The first-order chi connectivity index (χ1) is 8.62. The van der Waals surface area contributed by atoms with Crippen molar-refractivity contribution in [2.75, 3.05) is 14.2 Å². The van der Waals surface area contributed by atoms with Gasteiger partial charge in [-0.25, -0.2) is 0 Å². The van der Waals surface area contributed by atoms with Gasteiger partial charge in [-0.2, -0.15) is 0 Å². The first-order valence-corrected chi connectivity index (χ1v) is 5.72. The number of hydrogen-bond donors (Lipinski definition) is 1. The molecular formula is C14H19NO3. The van der Waals surface area contributed by atoms with E-state index in [0.717, 1.165) is 11.3 Å². The minimum absolute atomic E-state index is 0.0120. The molecule has 18 heavy (non-hydrogen) atoms. The van der Waals surface area contributed by atoms with Crippen molar-refractivity contribution in [2.24, 2.45) is 0 Å². The van der Waals surface area contributed by atoms with E-state index in [4.69, 9.17) is 4.74 Å². The fraction of sp³-hybridized carbons (Fsp3) is 0.357. The van der Waals surface area contributed by atoms with Crippen molar-refractivity contribution in [1.82, 2.24) is 5.32 Å². The molecule has 0 radical (unpaired) electrons. The lowest BCUT2D eigenvalue weighted by atomic mass is 10.1. The van der Waals surface area contributed by atoms with Gasteiger partial charge in [0.1, 0.15) is 11.8 Å². The Morgan fingerprint density at radius 2 is 1.94 bits per heavy atom. The summed E-state index contributed by atoms with van der Waals surface area (Å²) in [6.45, 7) is 5.59. The van der Waals surface area contributed by atoms with Crippen molar-refractivity contribution < 1.29 is 14.3 Å². The largest absolute Gasteiger partial charge is 0.497 e. The zero-order valence-electron chi connectivity index (χ0n) is 11.0. The third kappa shape index (κ3) is 3.60. The van der Waals surface area contributed by atoms with Crippen LogP contribution in [0.4, 0.5) is 0 Å². The highest BCUT2D eigenvalue weighted by atomic mass is 16.5. The fourth-order valence-corrected chi connectivity index (χ4v) is 1.62. The molecule has 1 unspecified atom stereocenters. The number of esters is 1. The van der Waals surface area contributed by atoms with Gasteiger partial charge >= 0.3 is 5.97 Å². The highest BCUT2D eigenvalue weighted by Crippen LogP contribution is 2.17. The van der Waals surface area contributed by atoms with E-state index in [9.17, 15) is 4.79 Å². The van der Waals surface area contributed by atoms with E-state index in [2.05, 4.69) is 16.6 Å². The molecule has 0 heterocycles. The maximum Gasteiger partial charge on any atom is 0.326 e. The van der Waals surface area contributed by atoms with Gasteiger partial charge in [0.05, 0.1) is 14.2 Å². The van der Waals surface area contributed by atoms with Crippen LogP contribution < -0.4 is 10.1 Å². The number of rotatable bonds is 6. The predicted molar refractivity (Wildman–Crippen MR) is 70.5 cm³/mol. The van der Waals surface area contributed by atoms with Crippen molar-refractivity contribution in [3.8, 4) is 5.75 Å². The van der Waals surface area contributed by atoms with Crippen molar-refractivity contribution in [2.45, 2.75) is 19.0 Å². The molecule has 0 fully saturated rings. The SMILES string of the molecule is C=CC(N[C@H](C)c1ccc(OC)cc1)C(=O)OC. The monoisotopic (exact) mass is 249 g/mol. The molecule has 1 N–H and O–H groups in total. The molecule has 98 valence electrons. The summed E-state index contributed by atoms with van der Waals surface area (Å²) < 4.78 is 9.78. The van der Waals surface area contributed by atoms with Crippen LogP contribution >= 0.6 is 0 Å². The van der Waals surface area contributed by atoms with Crippen LogP contribution in [-0.4, -0.2) is 26.2 Å².